The molecule has 3 rings (SSSR count). The number of hydrogen-bond acceptors (Lipinski definition) is 2. The zero-order valence-corrected chi connectivity index (χ0v) is 15.6. The standard InChI is InChI=1S/C22H25NOS/c1-3-14-25-21-11-7-6-10-20(21)22(24)23-16(2)18-13-12-17-8-4-5-9-19(17)15-18/h3,6-7,10-13,15-16H,1,4-5,8-9,14H2,2H3,(H,23,24)/t16-/m1/s1. The molecule has 2 nitrogen and oxygen atoms in total. The van der Waals surface area contributed by atoms with E-state index in [4.69, 9.17) is 0 Å². The molecule has 2 aromatic rings. The van der Waals surface area contributed by atoms with Crippen LogP contribution in [0.5, 0.6) is 0 Å². The van der Waals surface area contributed by atoms with Crippen LogP contribution in [0, 0.1) is 0 Å². The SMILES string of the molecule is C=CCSc1ccccc1C(=O)N[C@H](C)c1ccc2c(c1)CCCC2. The molecule has 0 fully saturated rings. The van der Waals surface area contributed by atoms with Gasteiger partial charge >= 0.3 is 0 Å². The van der Waals surface area contributed by atoms with Crippen molar-refractivity contribution >= 4 is 17.7 Å². The maximum atomic E-state index is 12.8. The van der Waals surface area contributed by atoms with Gasteiger partial charge in [0.25, 0.3) is 5.91 Å². The van der Waals surface area contributed by atoms with Crippen molar-refractivity contribution in [2.75, 3.05) is 5.75 Å². The Morgan fingerprint density at radius 1 is 1.20 bits per heavy atom. The molecule has 0 saturated carbocycles. The van der Waals surface area contributed by atoms with Crippen LogP contribution in [0.4, 0.5) is 0 Å². The largest absolute Gasteiger partial charge is 0.345 e. The number of benzene rings is 2. The van der Waals surface area contributed by atoms with Crippen LogP contribution in [-0.2, 0) is 12.8 Å². The van der Waals surface area contributed by atoms with Gasteiger partial charge in [0, 0.05) is 10.6 Å². The Morgan fingerprint density at radius 2 is 1.96 bits per heavy atom. The molecule has 25 heavy (non-hydrogen) atoms. The van der Waals surface area contributed by atoms with Crippen molar-refractivity contribution in [3.8, 4) is 0 Å². The van der Waals surface area contributed by atoms with Crippen molar-refractivity contribution < 1.29 is 4.79 Å². The summed E-state index contributed by atoms with van der Waals surface area (Å²) in [5, 5.41) is 3.16. The third kappa shape index (κ3) is 4.35. The number of thioether (sulfide) groups is 1. The van der Waals surface area contributed by atoms with Gasteiger partial charge in [0.2, 0.25) is 0 Å². The molecule has 130 valence electrons. The first-order chi connectivity index (χ1) is 12.2. The lowest BCUT2D eigenvalue weighted by atomic mass is 9.89. The fourth-order valence-corrected chi connectivity index (χ4v) is 4.10. The predicted molar refractivity (Wildman–Crippen MR) is 106 cm³/mol. The smallest absolute Gasteiger partial charge is 0.252 e. The van der Waals surface area contributed by atoms with E-state index >= 15 is 0 Å². The number of hydrogen-bond donors (Lipinski definition) is 1. The predicted octanol–water partition coefficient (Wildman–Crippen LogP) is 5.33. The highest BCUT2D eigenvalue weighted by Gasteiger charge is 2.16. The van der Waals surface area contributed by atoms with Crippen LogP contribution in [0.1, 0.15) is 52.9 Å². The number of amides is 1. The van der Waals surface area contributed by atoms with Gasteiger partial charge in [-0.3, -0.25) is 4.79 Å². The van der Waals surface area contributed by atoms with Crippen LogP contribution in [0.2, 0.25) is 0 Å². The van der Waals surface area contributed by atoms with E-state index in [9.17, 15) is 4.79 Å². The lowest BCUT2D eigenvalue weighted by Crippen LogP contribution is -2.27. The van der Waals surface area contributed by atoms with Gasteiger partial charge in [0.05, 0.1) is 11.6 Å². The van der Waals surface area contributed by atoms with Crippen LogP contribution in [-0.4, -0.2) is 11.7 Å². The van der Waals surface area contributed by atoms with Gasteiger partial charge < -0.3 is 5.32 Å². The van der Waals surface area contributed by atoms with E-state index < -0.39 is 0 Å². The van der Waals surface area contributed by atoms with E-state index in [1.807, 2.05) is 30.3 Å². The molecule has 0 unspecified atom stereocenters. The minimum atomic E-state index is -0.0163. The van der Waals surface area contributed by atoms with E-state index in [0.717, 1.165) is 22.6 Å². The summed E-state index contributed by atoms with van der Waals surface area (Å²) in [7, 11) is 0. The summed E-state index contributed by atoms with van der Waals surface area (Å²) in [6, 6.07) is 14.4. The molecular weight excluding hydrogens is 326 g/mol. The molecule has 0 radical (unpaired) electrons. The summed E-state index contributed by atoms with van der Waals surface area (Å²) in [6.07, 6.45) is 6.76. The summed E-state index contributed by atoms with van der Waals surface area (Å²) in [5.74, 6) is 0.780. The van der Waals surface area contributed by atoms with Crippen molar-refractivity contribution in [3.63, 3.8) is 0 Å². The molecule has 0 aliphatic heterocycles. The average molecular weight is 352 g/mol. The van der Waals surface area contributed by atoms with Crippen LogP contribution >= 0.6 is 11.8 Å². The van der Waals surface area contributed by atoms with Gasteiger partial charge in [-0.25, -0.2) is 0 Å². The van der Waals surface area contributed by atoms with Crippen molar-refractivity contribution in [1.82, 2.24) is 5.32 Å². The average Bonchev–Trinajstić information content (AvgIpc) is 2.66. The zero-order valence-electron chi connectivity index (χ0n) is 14.8. The lowest BCUT2D eigenvalue weighted by Gasteiger charge is -2.20. The van der Waals surface area contributed by atoms with Crippen LogP contribution in [0.25, 0.3) is 0 Å². The Hall–Kier alpha value is -2.00. The minimum Gasteiger partial charge on any atom is -0.345 e. The molecule has 1 aliphatic carbocycles. The Bertz CT molecular complexity index is 768. The second kappa shape index (κ2) is 8.39. The third-order valence-electron chi connectivity index (χ3n) is 4.71. The summed E-state index contributed by atoms with van der Waals surface area (Å²) < 4.78 is 0. The Balaban J connectivity index is 1.73. The first-order valence-corrected chi connectivity index (χ1v) is 9.93. The number of rotatable bonds is 6. The van der Waals surface area contributed by atoms with Gasteiger partial charge in [-0.2, -0.15) is 0 Å². The molecule has 0 saturated heterocycles. The van der Waals surface area contributed by atoms with Crippen molar-refractivity contribution in [3.05, 3.63) is 77.4 Å². The topological polar surface area (TPSA) is 29.1 Å². The second-order valence-corrected chi connectivity index (χ2v) is 7.59. The van der Waals surface area contributed by atoms with Crippen LogP contribution in [0.3, 0.4) is 0 Å². The highest BCUT2D eigenvalue weighted by molar-refractivity contribution is 7.99. The molecule has 1 N–H and O–H groups in total. The number of fused-ring (bicyclic) bond motifs is 1. The van der Waals surface area contributed by atoms with E-state index in [0.29, 0.717) is 0 Å². The van der Waals surface area contributed by atoms with E-state index in [1.165, 1.54) is 36.0 Å². The number of nitrogens with one attached hydrogen (secondary N) is 1. The number of carbonyl (C=O) groups is 1. The fourth-order valence-electron chi connectivity index (χ4n) is 3.31. The summed E-state index contributed by atoms with van der Waals surface area (Å²) in [4.78, 5) is 13.7. The van der Waals surface area contributed by atoms with E-state index in [-0.39, 0.29) is 11.9 Å². The zero-order chi connectivity index (χ0) is 17.6. The summed E-state index contributed by atoms with van der Waals surface area (Å²) in [5.41, 5.74) is 4.84. The second-order valence-electron chi connectivity index (χ2n) is 6.53. The van der Waals surface area contributed by atoms with Gasteiger partial charge in [0.1, 0.15) is 0 Å². The normalized spacial score (nSPS) is 14.4. The molecule has 1 atom stereocenters. The van der Waals surface area contributed by atoms with Gasteiger partial charge in [-0.1, -0.05) is 36.4 Å². The molecule has 0 aromatic heterocycles. The minimum absolute atomic E-state index is 0.00260. The van der Waals surface area contributed by atoms with Crippen molar-refractivity contribution in [2.45, 2.75) is 43.5 Å². The monoisotopic (exact) mass is 351 g/mol. The summed E-state index contributed by atoms with van der Waals surface area (Å²) >= 11 is 1.64. The van der Waals surface area contributed by atoms with Gasteiger partial charge in [-0.05, 0) is 61.4 Å². The van der Waals surface area contributed by atoms with Crippen LogP contribution in [0.15, 0.2) is 60.0 Å². The number of aryl methyl sites for hydroxylation is 2. The number of carbonyl (C=O) groups excluding carboxylic acids is 1. The highest BCUT2D eigenvalue weighted by Crippen LogP contribution is 2.26. The van der Waals surface area contributed by atoms with Crippen molar-refractivity contribution in [1.29, 1.82) is 0 Å². The molecule has 0 bridgehead atoms. The Morgan fingerprint density at radius 3 is 2.76 bits per heavy atom. The third-order valence-corrected chi connectivity index (χ3v) is 5.78. The molecule has 1 amide bonds. The fraction of sp³-hybridized carbons (Fsp3) is 0.318. The highest BCUT2D eigenvalue weighted by atomic mass is 32.2. The molecule has 3 heteroatoms. The maximum Gasteiger partial charge on any atom is 0.252 e. The van der Waals surface area contributed by atoms with Crippen LogP contribution < -0.4 is 5.32 Å². The van der Waals surface area contributed by atoms with Crippen molar-refractivity contribution in [2.24, 2.45) is 0 Å². The molecular formula is C22H25NOS. The molecule has 1 aliphatic rings. The first-order valence-electron chi connectivity index (χ1n) is 8.94. The molecule has 0 heterocycles. The van der Waals surface area contributed by atoms with E-state index in [2.05, 4.69) is 37.0 Å². The maximum absolute atomic E-state index is 12.8. The molecule has 0 spiro atoms. The lowest BCUT2D eigenvalue weighted by molar-refractivity contribution is 0.0937. The Kier molecular flexibility index (Phi) is 5.98. The Labute approximate surface area is 154 Å². The van der Waals surface area contributed by atoms with Gasteiger partial charge in [0.15, 0.2) is 0 Å². The van der Waals surface area contributed by atoms with Gasteiger partial charge in [-0.15, -0.1) is 18.3 Å². The quantitative estimate of drug-likeness (QED) is 0.562. The van der Waals surface area contributed by atoms with E-state index in [1.54, 1.807) is 11.8 Å². The first kappa shape index (κ1) is 17.8. The summed E-state index contributed by atoms with van der Waals surface area (Å²) in [6.45, 7) is 5.81. The molecule has 2 aromatic carbocycles.